The van der Waals surface area contributed by atoms with E-state index in [2.05, 4.69) is 20.4 Å². The van der Waals surface area contributed by atoms with Gasteiger partial charge in [-0.2, -0.15) is 18.3 Å². The highest BCUT2D eigenvalue weighted by atomic mass is 19.4. The maximum absolute atomic E-state index is 12.3. The molecule has 19 heavy (non-hydrogen) atoms. The molecule has 2 heterocycles. The van der Waals surface area contributed by atoms with Crippen LogP contribution in [0.2, 0.25) is 0 Å². The normalized spacial score (nSPS) is 11.5. The molecule has 0 aliphatic heterocycles. The van der Waals surface area contributed by atoms with Gasteiger partial charge in [0.1, 0.15) is 6.54 Å². The van der Waals surface area contributed by atoms with Crippen LogP contribution in [0.25, 0.3) is 0 Å². The standard InChI is InChI=1S/C10H10F3N5O/c11-10(12,13)8-1-2-18(17-8)5-9(19)15-4-7-3-14-6-16-7/h1-3,6H,4-5H2,(H,14,16)(H,15,19). The minimum absolute atomic E-state index is 0.228. The van der Waals surface area contributed by atoms with E-state index in [1.807, 2.05) is 0 Å². The fourth-order valence-electron chi connectivity index (χ4n) is 1.38. The van der Waals surface area contributed by atoms with Crippen molar-refractivity contribution in [3.05, 3.63) is 36.2 Å². The van der Waals surface area contributed by atoms with E-state index in [0.717, 1.165) is 16.9 Å². The number of hydrogen-bond acceptors (Lipinski definition) is 3. The van der Waals surface area contributed by atoms with E-state index in [0.29, 0.717) is 5.69 Å². The van der Waals surface area contributed by atoms with E-state index in [1.165, 1.54) is 12.5 Å². The van der Waals surface area contributed by atoms with Gasteiger partial charge in [0.2, 0.25) is 5.91 Å². The van der Waals surface area contributed by atoms with Crippen LogP contribution in [-0.4, -0.2) is 25.7 Å². The Bertz CT molecular complexity index is 546. The minimum Gasteiger partial charge on any atom is -0.349 e. The van der Waals surface area contributed by atoms with Crippen LogP contribution in [0.3, 0.4) is 0 Å². The van der Waals surface area contributed by atoms with Gasteiger partial charge in [-0.15, -0.1) is 0 Å². The monoisotopic (exact) mass is 273 g/mol. The molecule has 2 rings (SSSR count). The minimum atomic E-state index is -4.50. The van der Waals surface area contributed by atoms with E-state index in [9.17, 15) is 18.0 Å². The van der Waals surface area contributed by atoms with Crippen molar-refractivity contribution in [2.24, 2.45) is 0 Å². The van der Waals surface area contributed by atoms with E-state index in [1.54, 1.807) is 0 Å². The van der Waals surface area contributed by atoms with Gasteiger partial charge in [-0.25, -0.2) is 4.98 Å². The molecular weight excluding hydrogens is 263 g/mol. The molecule has 1 amide bonds. The molecule has 0 saturated heterocycles. The molecule has 0 saturated carbocycles. The van der Waals surface area contributed by atoms with Gasteiger partial charge in [0.05, 0.1) is 18.6 Å². The lowest BCUT2D eigenvalue weighted by molar-refractivity contribution is -0.141. The van der Waals surface area contributed by atoms with Crippen molar-refractivity contribution in [2.45, 2.75) is 19.3 Å². The fourth-order valence-corrected chi connectivity index (χ4v) is 1.38. The Morgan fingerprint density at radius 2 is 2.26 bits per heavy atom. The number of nitrogens with zero attached hydrogens (tertiary/aromatic N) is 3. The molecule has 9 heteroatoms. The van der Waals surface area contributed by atoms with Crippen LogP contribution >= 0.6 is 0 Å². The first-order valence-electron chi connectivity index (χ1n) is 5.30. The highest BCUT2D eigenvalue weighted by Crippen LogP contribution is 2.27. The Morgan fingerprint density at radius 3 is 2.84 bits per heavy atom. The summed E-state index contributed by atoms with van der Waals surface area (Å²) in [6.45, 7) is -0.0452. The van der Waals surface area contributed by atoms with Crippen LogP contribution < -0.4 is 5.32 Å². The Morgan fingerprint density at radius 1 is 1.47 bits per heavy atom. The number of nitrogens with one attached hydrogen (secondary N) is 2. The van der Waals surface area contributed by atoms with Crippen molar-refractivity contribution in [1.82, 2.24) is 25.1 Å². The van der Waals surface area contributed by atoms with Crippen LogP contribution in [0.4, 0.5) is 13.2 Å². The number of amides is 1. The first kappa shape index (κ1) is 13.1. The maximum Gasteiger partial charge on any atom is 0.435 e. The lowest BCUT2D eigenvalue weighted by Gasteiger charge is -2.04. The second kappa shape index (κ2) is 5.12. The molecule has 102 valence electrons. The average Bonchev–Trinajstić information content (AvgIpc) is 2.95. The number of aromatic amines is 1. The second-order valence-electron chi connectivity index (χ2n) is 3.75. The number of carbonyl (C=O) groups is 1. The Kier molecular flexibility index (Phi) is 3.54. The molecule has 0 aliphatic rings. The summed E-state index contributed by atoms with van der Waals surface area (Å²) in [7, 11) is 0. The summed E-state index contributed by atoms with van der Waals surface area (Å²) in [6.07, 6.45) is -0.392. The lowest BCUT2D eigenvalue weighted by Crippen LogP contribution is -2.27. The van der Waals surface area contributed by atoms with Gasteiger partial charge in [-0.3, -0.25) is 9.48 Å². The Balaban J connectivity index is 1.87. The summed E-state index contributed by atoms with van der Waals surface area (Å²) in [5.41, 5.74) is -0.321. The topological polar surface area (TPSA) is 75.6 Å². The van der Waals surface area contributed by atoms with E-state index >= 15 is 0 Å². The zero-order valence-corrected chi connectivity index (χ0v) is 9.61. The largest absolute Gasteiger partial charge is 0.435 e. The van der Waals surface area contributed by atoms with E-state index in [-0.39, 0.29) is 13.1 Å². The smallest absolute Gasteiger partial charge is 0.349 e. The second-order valence-corrected chi connectivity index (χ2v) is 3.75. The number of imidazole rings is 1. The summed E-state index contributed by atoms with van der Waals surface area (Å²) in [5, 5.41) is 5.81. The number of hydrogen-bond donors (Lipinski definition) is 2. The van der Waals surface area contributed by atoms with Crippen molar-refractivity contribution in [3.63, 3.8) is 0 Å². The molecule has 0 unspecified atom stereocenters. The van der Waals surface area contributed by atoms with Crippen LogP contribution in [0, 0.1) is 0 Å². The molecule has 0 atom stereocenters. The molecule has 2 aromatic heterocycles. The highest BCUT2D eigenvalue weighted by molar-refractivity contribution is 5.75. The van der Waals surface area contributed by atoms with E-state index < -0.39 is 17.8 Å². The first-order valence-corrected chi connectivity index (χ1v) is 5.30. The predicted octanol–water partition coefficient (Wildman–Crippen LogP) is 0.941. The maximum atomic E-state index is 12.3. The van der Waals surface area contributed by atoms with Crippen LogP contribution in [0.1, 0.15) is 11.4 Å². The van der Waals surface area contributed by atoms with Crippen LogP contribution in [-0.2, 0) is 24.1 Å². The van der Waals surface area contributed by atoms with Gasteiger partial charge in [0.15, 0.2) is 5.69 Å². The Labute approximate surface area is 105 Å². The van der Waals surface area contributed by atoms with Gasteiger partial charge in [0, 0.05) is 12.4 Å². The third-order valence-electron chi connectivity index (χ3n) is 2.27. The van der Waals surface area contributed by atoms with Gasteiger partial charge in [0.25, 0.3) is 0 Å². The number of H-pyrrole nitrogens is 1. The third kappa shape index (κ3) is 3.57. The van der Waals surface area contributed by atoms with Crippen molar-refractivity contribution >= 4 is 5.91 Å². The highest BCUT2D eigenvalue weighted by Gasteiger charge is 2.33. The van der Waals surface area contributed by atoms with Gasteiger partial charge in [-0.05, 0) is 6.07 Å². The number of aromatic nitrogens is 4. The van der Waals surface area contributed by atoms with Gasteiger partial charge in [-0.1, -0.05) is 0 Å². The summed E-state index contributed by atoms with van der Waals surface area (Å²) < 4.78 is 37.8. The van der Waals surface area contributed by atoms with Gasteiger partial charge < -0.3 is 10.3 Å². The first-order chi connectivity index (χ1) is 8.95. The number of carbonyl (C=O) groups excluding carboxylic acids is 1. The third-order valence-corrected chi connectivity index (χ3v) is 2.27. The molecule has 6 nitrogen and oxygen atoms in total. The summed E-state index contributed by atoms with van der Waals surface area (Å²) in [4.78, 5) is 18.0. The zero-order chi connectivity index (χ0) is 13.9. The summed E-state index contributed by atoms with van der Waals surface area (Å²) in [6, 6.07) is 0.822. The van der Waals surface area contributed by atoms with Crippen molar-refractivity contribution in [2.75, 3.05) is 0 Å². The van der Waals surface area contributed by atoms with Crippen LogP contribution in [0.15, 0.2) is 24.8 Å². The lowest BCUT2D eigenvalue weighted by atomic mass is 10.4. The summed E-state index contributed by atoms with van der Waals surface area (Å²) >= 11 is 0. The molecule has 0 fully saturated rings. The van der Waals surface area contributed by atoms with Crippen molar-refractivity contribution in [1.29, 1.82) is 0 Å². The zero-order valence-electron chi connectivity index (χ0n) is 9.61. The SMILES string of the molecule is O=C(Cn1ccc(C(F)(F)F)n1)NCc1cnc[nH]1. The quantitative estimate of drug-likeness (QED) is 0.870. The Hall–Kier alpha value is -2.32. The average molecular weight is 273 g/mol. The van der Waals surface area contributed by atoms with Crippen molar-refractivity contribution < 1.29 is 18.0 Å². The molecular formula is C10H10F3N5O. The molecule has 0 aliphatic carbocycles. The van der Waals surface area contributed by atoms with Crippen LogP contribution in [0.5, 0.6) is 0 Å². The molecule has 0 aromatic carbocycles. The van der Waals surface area contributed by atoms with E-state index in [4.69, 9.17) is 0 Å². The molecule has 0 radical (unpaired) electrons. The molecule has 0 spiro atoms. The number of halogens is 3. The van der Waals surface area contributed by atoms with Gasteiger partial charge >= 0.3 is 6.18 Å². The summed E-state index contributed by atoms with van der Waals surface area (Å²) in [5.74, 6) is -0.438. The van der Waals surface area contributed by atoms with Crippen molar-refractivity contribution in [3.8, 4) is 0 Å². The predicted molar refractivity (Wildman–Crippen MR) is 57.7 cm³/mol. The number of rotatable bonds is 4. The molecule has 2 aromatic rings. The molecule has 2 N–H and O–H groups in total. The fraction of sp³-hybridized carbons (Fsp3) is 0.300. The molecule has 0 bridgehead atoms. The number of alkyl halides is 3.